The van der Waals surface area contributed by atoms with E-state index in [-0.39, 0.29) is 0 Å². The van der Waals surface area contributed by atoms with Crippen LogP contribution in [0.3, 0.4) is 0 Å². The van der Waals surface area contributed by atoms with Crippen LogP contribution in [0.4, 0.5) is 10.5 Å². The van der Waals surface area contributed by atoms with Gasteiger partial charge in [-0.15, -0.1) is 0 Å². The second kappa shape index (κ2) is 8.22. The topological polar surface area (TPSA) is 69.6 Å². The third-order valence-corrected chi connectivity index (χ3v) is 2.72. The molecule has 0 saturated carbocycles. The fourth-order valence-electron chi connectivity index (χ4n) is 1.58. The van der Waals surface area contributed by atoms with E-state index in [0.29, 0.717) is 23.7 Å². The summed E-state index contributed by atoms with van der Waals surface area (Å²) in [5, 5.41) is 12.0. The van der Waals surface area contributed by atoms with Crippen molar-refractivity contribution in [1.29, 1.82) is 0 Å². The SMILES string of the molecule is C/C=C/CCNC(=O)N(CC(=O)O)c1cccc(Cl)c1. The molecule has 1 aromatic carbocycles. The minimum absolute atomic E-state index is 0.421. The van der Waals surface area contributed by atoms with Crippen molar-refractivity contribution in [1.82, 2.24) is 5.32 Å². The van der Waals surface area contributed by atoms with Crippen molar-refractivity contribution in [2.75, 3.05) is 18.0 Å². The number of nitrogens with zero attached hydrogens (tertiary/aromatic N) is 1. The normalized spacial score (nSPS) is 10.5. The predicted molar refractivity (Wildman–Crippen MR) is 79.3 cm³/mol. The van der Waals surface area contributed by atoms with Crippen LogP contribution < -0.4 is 10.2 Å². The van der Waals surface area contributed by atoms with Gasteiger partial charge in [0, 0.05) is 17.3 Å². The third kappa shape index (κ3) is 5.32. The van der Waals surface area contributed by atoms with Crippen molar-refractivity contribution in [3.8, 4) is 0 Å². The Morgan fingerprint density at radius 1 is 1.45 bits per heavy atom. The third-order valence-electron chi connectivity index (χ3n) is 2.48. The quantitative estimate of drug-likeness (QED) is 0.626. The maximum atomic E-state index is 12.0. The van der Waals surface area contributed by atoms with E-state index >= 15 is 0 Å². The number of hydrogen-bond donors (Lipinski definition) is 2. The highest BCUT2D eigenvalue weighted by atomic mass is 35.5. The molecule has 0 aliphatic rings. The molecule has 0 heterocycles. The molecule has 6 heteroatoms. The van der Waals surface area contributed by atoms with Crippen molar-refractivity contribution in [3.05, 3.63) is 41.4 Å². The maximum Gasteiger partial charge on any atom is 0.323 e. The number of benzene rings is 1. The van der Waals surface area contributed by atoms with Gasteiger partial charge in [-0.1, -0.05) is 29.8 Å². The number of halogens is 1. The van der Waals surface area contributed by atoms with Crippen molar-refractivity contribution < 1.29 is 14.7 Å². The number of carboxylic acid groups (broad SMARTS) is 1. The summed E-state index contributed by atoms with van der Waals surface area (Å²) in [6.45, 7) is 1.92. The Balaban J connectivity index is 2.78. The Labute approximate surface area is 122 Å². The summed E-state index contributed by atoms with van der Waals surface area (Å²) >= 11 is 5.86. The molecular weight excluding hydrogens is 280 g/mol. The first kappa shape index (κ1) is 16.0. The van der Waals surface area contributed by atoms with Gasteiger partial charge in [-0.3, -0.25) is 9.69 Å². The first-order valence-electron chi connectivity index (χ1n) is 6.18. The number of allylic oxidation sites excluding steroid dienone is 1. The van der Waals surface area contributed by atoms with Crippen LogP contribution in [0.15, 0.2) is 36.4 Å². The lowest BCUT2D eigenvalue weighted by Gasteiger charge is -2.21. The zero-order chi connectivity index (χ0) is 15.0. The van der Waals surface area contributed by atoms with Crippen molar-refractivity contribution >= 4 is 29.3 Å². The summed E-state index contributed by atoms with van der Waals surface area (Å²) in [4.78, 5) is 24.1. The highest BCUT2D eigenvalue weighted by Crippen LogP contribution is 2.19. The first-order chi connectivity index (χ1) is 9.54. The molecule has 0 fully saturated rings. The van der Waals surface area contributed by atoms with Gasteiger partial charge in [0.1, 0.15) is 6.54 Å². The predicted octanol–water partition coefficient (Wildman–Crippen LogP) is 2.91. The number of carbonyl (C=O) groups excluding carboxylic acids is 1. The number of aliphatic carboxylic acids is 1. The molecule has 0 spiro atoms. The van der Waals surface area contributed by atoms with Crippen LogP contribution in [0.25, 0.3) is 0 Å². The Kier molecular flexibility index (Phi) is 6.59. The smallest absolute Gasteiger partial charge is 0.323 e. The Hall–Kier alpha value is -2.01. The molecule has 108 valence electrons. The molecule has 20 heavy (non-hydrogen) atoms. The van der Waals surface area contributed by atoms with Crippen LogP contribution in [0.1, 0.15) is 13.3 Å². The number of nitrogens with one attached hydrogen (secondary N) is 1. The van der Waals surface area contributed by atoms with Crippen molar-refractivity contribution in [2.24, 2.45) is 0 Å². The Morgan fingerprint density at radius 2 is 2.20 bits per heavy atom. The number of rotatable bonds is 6. The number of urea groups is 1. The average Bonchev–Trinajstić information content (AvgIpc) is 2.40. The number of amides is 2. The van der Waals surface area contributed by atoms with E-state index in [1.165, 1.54) is 0 Å². The first-order valence-corrected chi connectivity index (χ1v) is 6.56. The molecule has 0 aromatic heterocycles. The van der Waals surface area contributed by atoms with Gasteiger partial charge in [-0.25, -0.2) is 4.79 Å². The van der Waals surface area contributed by atoms with Crippen LogP contribution in [0, 0.1) is 0 Å². The van der Waals surface area contributed by atoms with E-state index in [1.54, 1.807) is 24.3 Å². The van der Waals surface area contributed by atoms with Crippen LogP contribution in [0.5, 0.6) is 0 Å². The maximum absolute atomic E-state index is 12.0. The van der Waals surface area contributed by atoms with Gasteiger partial charge in [-0.05, 0) is 31.5 Å². The van der Waals surface area contributed by atoms with Crippen molar-refractivity contribution in [2.45, 2.75) is 13.3 Å². The van der Waals surface area contributed by atoms with E-state index in [1.807, 2.05) is 19.1 Å². The van der Waals surface area contributed by atoms with Crippen LogP contribution in [-0.2, 0) is 4.79 Å². The average molecular weight is 297 g/mol. The molecular formula is C14H17ClN2O3. The fourth-order valence-corrected chi connectivity index (χ4v) is 1.77. The summed E-state index contributed by atoms with van der Waals surface area (Å²) in [6.07, 6.45) is 4.50. The number of hydrogen-bond acceptors (Lipinski definition) is 2. The molecule has 0 aliphatic heterocycles. The zero-order valence-electron chi connectivity index (χ0n) is 11.2. The molecule has 1 rings (SSSR count). The molecule has 0 radical (unpaired) electrons. The molecule has 2 amide bonds. The van der Waals surface area contributed by atoms with Gasteiger partial charge >= 0.3 is 12.0 Å². The standard InChI is InChI=1S/C14H17ClN2O3/c1-2-3-4-8-16-14(20)17(10-13(18)19)12-7-5-6-11(15)9-12/h2-3,5-7,9H,4,8,10H2,1H3,(H,16,20)(H,18,19)/b3-2+. The molecule has 1 aromatic rings. The van der Waals surface area contributed by atoms with Crippen molar-refractivity contribution in [3.63, 3.8) is 0 Å². The molecule has 0 aliphatic carbocycles. The van der Waals surface area contributed by atoms with Crippen LogP contribution >= 0.6 is 11.6 Å². The number of carbonyl (C=O) groups is 2. The van der Waals surface area contributed by atoms with E-state index in [2.05, 4.69) is 5.32 Å². The summed E-state index contributed by atoms with van der Waals surface area (Å²) in [6, 6.07) is 6.06. The Morgan fingerprint density at radius 3 is 2.80 bits per heavy atom. The van der Waals surface area contributed by atoms with E-state index in [4.69, 9.17) is 16.7 Å². The second-order valence-corrected chi connectivity index (χ2v) is 4.49. The molecule has 0 saturated heterocycles. The van der Waals surface area contributed by atoms with Gasteiger partial charge in [0.15, 0.2) is 0 Å². The second-order valence-electron chi connectivity index (χ2n) is 4.05. The summed E-state index contributed by atoms with van der Waals surface area (Å²) < 4.78 is 0. The Bertz CT molecular complexity index is 503. The number of anilines is 1. The van der Waals surface area contributed by atoms with Gasteiger partial charge in [0.05, 0.1) is 0 Å². The highest BCUT2D eigenvalue weighted by Gasteiger charge is 2.18. The molecule has 0 bridgehead atoms. The fraction of sp³-hybridized carbons (Fsp3) is 0.286. The summed E-state index contributed by atoms with van der Waals surface area (Å²) in [7, 11) is 0. The van der Waals surface area contributed by atoms with Crippen LogP contribution in [-0.4, -0.2) is 30.2 Å². The molecule has 0 atom stereocenters. The number of carboxylic acids is 1. The largest absolute Gasteiger partial charge is 0.480 e. The van der Waals surface area contributed by atoms with E-state index in [0.717, 1.165) is 4.90 Å². The lowest BCUT2D eigenvalue weighted by atomic mass is 10.3. The minimum atomic E-state index is -1.09. The zero-order valence-corrected chi connectivity index (χ0v) is 11.9. The van der Waals surface area contributed by atoms with Crippen LogP contribution in [0.2, 0.25) is 5.02 Å². The minimum Gasteiger partial charge on any atom is -0.480 e. The van der Waals surface area contributed by atoms with Gasteiger partial charge in [-0.2, -0.15) is 0 Å². The van der Waals surface area contributed by atoms with Gasteiger partial charge in [0.2, 0.25) is 0 Å². The van der Waals surface area contributed by atoms with Gasteiger partial charge in [0.25, 0.3) is 0 Å². The summed E-state index contributed by atoms with van der Waals surface area (Å²) in [5.41, 5.74) is 0.448. The molecule has 5 nitrogen and oxygen atoms in total. The molecule has 2 N–H and O–H groups in total. The van der Waals surface area contributed by atoms with Gasteiger partial charge < -0.3 is 10.4 Å². The monoisotopic (exact) mass is 296 g/mol. The highest BCUT2D eigenvalue weighted by molar-refractivity contribution is 6.30. The lowest BCUT2D eigenvalue weighted by Crippen LogP contribution is -2.43. The van der Waals surface area contributed by atoms with E-state index < -0.39 is 18.5 Å². The van der Waals surface area contributed by atoms with E-state index in [9.17, 15) is 9.59 Å². The lowest BCUT2D eigenvalue weighted by molar-refractivity contribution is -0.135. The molecule has 0 unspecified atom stereocenters. The summed E-state index contributed by atoms with van der Waals surface area (Å²) in [5.74, 6) is -1.09.